The monoisotopic (exact) mass is 566 g/mol. The Labute approximate surface area is 200 Å². The lowest BCUT2D eigenvalue weighted by Crippen LogP contribution is -2.12. The number of rotatable bonds is 4. The van der Waals surface area contributed by atoms with Crippen molar-refractivity contribution in [1.82, 2.24) is 8.96 Å². The zero-order chi connectivity index (χ0) is 22.5. The Hall–Kier alpha value is -2.10. The zero-order valence-electron chi connectivity index (χ0n) is 17.4. The van der Waals surface area contributed by atoms with Gasteiger partial charge < -0.3 is 4.74 Å². The standard InChI is InChI=1S/C23H20ClIN2O3S/c1-13-5-8-16(9-6-13)31(28,29)27-12-18(25)21-22(24)17(11-26-23(21)27)20-14(2)7-10-19(30-4)15(20)3/h5-12H,1-4H3. The Balaban J connectivity index is 1.97. The number of hydrogen-bond donors (Lipinski definition) is 0. The Morgan fingerprint density at radius 1 is 1.06 bits per heavy atom. The largest absolute Gasteiger partial charge is 0.496 e. The molecule has 160 valence electrons. The Morgan fingerprint density at radius 2 is 1.74 bits per heavy atom. The average molecular weight is 567 g/mol. The fourth-order valence-electron chi connectivity index (χ4n) is 3.73. The van der Waals surface area contributed by atoms with Crippen LogP contribution in [0.15, 0.2) is 53.7 Å². The predicted molar refractivity (Wildman–Crippen MR) is 133 cm³/mol. The molecule has 0 spiro atoms. The third kappa shape index (κ3) is 3.62. The van der Waals surface area contributed by atoms with Gasteiger partial charge in [0, 0.05) is 21.5 Å². The smallest absolute Gasteiger partial charge is 0.269 e. The number of benzene rings is 2. The molecule has 8 heteroatoms. The van der Waals surface area contributed by atoms with Crippen molar-refractivity contribution in [2.75, 3.05) is 7.11 Å². The van der Waals surface area contributed by atoms with Gasteiger partial charge in [0.25, 0.3) is 10.0 Å². The van der Waals surface area contributed by atoms with Crippen LogP contribution in [0.4, 0.5) is 0 Å². The van der Waals surface area contributed by atoms with Gasteiger partial charge in [-0.05, 0) is 78.3 Å². The molecule has 4 rings (SSSR count). The molecule has 2 aromatic carbocycles. The van der Waals surface area contributed by atoms with Gasteiger partial charge in [0.2, 0.25) is 0 Å². The lowest BCUT2D eigenvalue weighted by molar-refractivity contribution is 0.412. The minimum Gasteiger partial charge on any atom is -0.496 e. The average Bonchev–Trinajstić information content (AvgIpc) is 3.08. The molecule has 2 aromatic heterocycles. The summed E-state index contributed by atoms with van der Waals surface area (Å²) in [6.07, 6.45) is 3.20. The van der Waals surface area contributed by atoms with E-state index in [0.717, 1.165) is 33.6 Å². The first-order chi connectivity index (χ1) is 14.7. The van der Waals surface area contributed by atoms with Gasteiger partial charge in [0.1, 0.15) is 5.75 Å². The molecule has 0 N–H and O–H groups in total. The third-order valence-electron chi connectivity index (χ3n) is 5.36. The first-order valence-corrected chi connectivity index (χ1v) is 12.4. The van der Waals surface area contributed by atoms with Crippen molar-refractivity contribution < 1.29 is 13.2 Å². The van der Waals surface area contributed by atoms with E-state index in [0.29, 0.717) is 19.6 Å². The fraction of sp³-hybridized carbons (Fsp3) is 0.174. The van der Waals surface area contributed by atoms with Crippen LogP contribution < -0.4 is 4.74 Å². The number of fused-ring (bicyclic) bond motifs is 1. The van der Waals surface area contributed by atoms with Crippen molar-refractivity contribution >= 4 is 55.2 Å². The van der Waals surface area contributed by atoms with Gasteiger partial charge in [-0.15, -0.1) is 0 Å². The van der Waals surface area contributed by atoms with Crippen molar-refractivity contribution in [3.8, 4) is 16.9 Å². The maximum Gasteiger partial charge on any atom is 0.269 e. The molecule has 0 aliphatic heterocycles. The van der Waals surface area contributed by atoms with Crippen LogP contribution in [0.5, 0.6) is 5.75 Å². The van der Waals surface area contributed by atoms with Gasteiger partial charge in [0.15, 0.2) is 5.65 Å². The number of nitrogens with zero attached hydrogens (tertiary/aromatic N) is 2. The van der Waals surface area contributed by atoms with Gasteiger partial charge in [-0.3, -0.25) is 0 Å². The second kappa shape index (κ2) is 8.11. The van der Waals surface area contributed by atoms with Gasteiger partial charge in [-0.2, -0.15) is 0 Å². The second-order valence-corrected chi connectivity index (χ2v) is 10.7. The quantitative estimate of drug-likeness (QED) is 0.279. The molecule has 0 aliphatic carbocycles. The molecule has 0 fully saturated rings. The Kier molecular flexibility index (Phi) is 5.78. The summed E-state index contributed by atoms with van der Waals surface area (Å²) in [5.74, 6) is 0.756. The Bertz CT molecular complexity index is 1430. The van der Waals surface area contributed by atoms with Crippen LogP contribution in [0.2, 0.25) is 5.02 Å². The molecule has 0 amide bonds. The van der Waals surface area contributed by atoms with Crippen LogP contribution in [-0.4, -0.2) is 24.5 Å². The summed E-state index contributed by atoms with van der Waals surface area (Å²) >= 11 is 8.96. The Morgan fingerprint density at radius 3 is 2.39 bits per heavy atom. The van der Waals surface area contributed by atoms with Gasteiger partial charge in [-0.25, -0.2) is 17.4 Å². The predicted octanol–water partition coefficient (Wildman–Crippen LogP) is 6.13. The third-order valence-corrected chi connectivity index (χ3v) is 8.24. The summed E-state index contributed by atoms with van der Waals surface area (Å²) in [6, 6.07) is 10.6. The molecule has 0 unspecified atom stereocenters. The van der Waals surface area contributed by atoms with E-state index in [1.807, 2.05) is 32.9 Å². The summed E-state index contributed by atoms with van der Waals surface area (Å²) in [7, 11) is -2.18. The number of aryl methyl sites for hydroxylation is 2. The van der Waals surface area contributed by atoms with E-state index in [2.05, 4.69) is 27.6 Å². The second-order valence-electron chi connectivity index (χ2n) is 7.36. The molecule has 0 radical (unpaired) electrons. The molecule has 0 atom stereocenters. The summed E-state index contributed by atoms with van der Waals surface area (Å²) in [4.78, 5) is 4.74. The normalized spacial score (nSPS) is 11.8. The number of halogens is 2. The number of methoxy groups -OCH3 is 1. The number of aromatic nitrogens is 2. The van der Waals surface area contributed by atoms with Gasteiger partial charge in [0.05, 0.1) is 22.4 Å². The highest BCUT2D eigenvalue weighted by Crippen LogP contribution is 2.41. The molecule has 4 aromatic rings. The van der Waals surface area contributed by atoms with Crippen molar-refractivity contribution in [3.63, 3.8) is 0 Å². The van der Waals surface area contributed by atoms with Gasteiger partial charge >= 0.3 is 0 Å². The first kappa shape index (κ1) is 22.1. The minimum absolute atomic E-state index is 0.202. The van der Waals surface area contributed by atoms with Crippen molar-refractivity contribution in [1.29, 1.82) is 0 Å². The van der Waals surface area contributed by atoms with E-state index in [9.17, 15) is 8.42 Å². The molecular weight excluding hydrogens is 547 g/mol. The molecule has 0 saturated heterocycles. The highest BCUT2D eigenvalue weighted by molar-refractivity contribution is 14.1. The van der Waals surface area contributed by atoms with E-state index in [-0.39, 0.29) is 4.90 Å². The highest BCUT2D eigenvalue weighted by Gasteiger charge is 2.25. The summed E-state index contributed by atoms with van der Waals surface area (Å²) in [5, 5.41) is 1.07. The number of pyridine rings is 1. The van der Waals surface area contributed by atoms with E-state index in [4.69, 9.17) is 16.3 Å². The molecule has 2 heterocycles. The topological polar surface area (TPSA) is 61.2 Å². The van der Waals surface area contributed by atoms with Crippen molar-refractivity contribution in [2.24, 2.45) is 0 Å². The van der Waals surface area contributed by atoms with Crippen LogP contribution in [0.25, 0.3) is 22.2 Å². The van der Waals surface area contributed by atoms with Crippen molar-refractivity contribution in [2.45, 2.75) is 25.7 Å². The van der Waals surface area contributed by atoms with Gasteiger partial charge in [-0.1, -0.05) is 35.4 Å². The highest BCUT2D eigenvalue weighted by atomic mass is 127. The summed E-state index contributed by atoms with van der Waals surface area (Å²) in [5.41, 5.74) is 4.95. The van der Waals surface area contributed by atoms with Crippen molar-refractivity contribution in [3.05, 3.63) is 74.1 Å². The fourth-order valence-corrected chi connectivity index (χ4v) is 6.52. The lowest BCUT2D eigenvalue weighted by atomic mass is 9.95. The minimum atomic E-state index is -3.81. The van der Waals surface area contributed by atoms with Crippen LogP contribution in [0.3, 0.4) is 0 Å². The molecule has 0 aliphatic rings. The molecule has 0 saturated carbocycles. The molecule has 5 nitrogen and oxygen atoms in total. The number of hydrogen-bond acceptors (Lipinski definition) is 4. The van der Waals surface area contributed by atoms with Crippen LogP contribution in [0.1, 0.15) is 16.7 Å². The maximum absolute atomic E-state index is 13.3. The summed E-state index contributed by atoms with van der Waals surface area (Å²) < 4.78 is 34.0. The van der Waals surface area contributed by atoms with Crippen LogP contribution in [-0.2, 0) is 10.0 Å². The van der Waals surface area contributed by atoms with Crippen LogP contribution in [0, 0.1) is 24.3 Å². The molecule has 31 heavy (non-hydrogen) atoms. The lowest BCUT2D eigenvalue weighted by Gasteiger charge is -2.15. The van der Waals surface area contributed by atoms with E-state index in [1.165, 1.54) is 3.97 Å². The SMILES string of the molecule is COc1ccc(C)c(-c2cnc3c(c(I)cn3S(=O)(=O)c3ccc(C)cc3)c2Cl)c1C. The van der Waals surface area contributed by atoms with E-state index >= 15 is 0 Å². The number of ether oxygens (including phenoxy) is 1. The maximum atomic E-state index is 13.3. The first-order valence-electron chi connectivity index (χ1n) is 9.48. The summed E-state index contributed by atoms with van der Waals surface area (Å²) in [6.45, 7) is 5.88. The van der Waals surface area contributed by atoms with E-state index < -0.39 is 10.0 Å². The van der Waals surface area contributed by atoms with Crippen LogP contribution >= 0.6 is 34.2 Å². The molecule has 0 bridgehead atoms. The van der Waals surface area contributed by atoms with E-state index in [1.54, 1.807) is 43.8 Å². The molecular formula is C23H20ClIN2O3S. The zero-order valence-corrected chi connectivity index (χ0v) is 21.1.